The molecule has 4 aromatic carbocycles. The lowest BCUT2D eigenvalue weighted by Gasteiger charge is -2.10. The largest absolute Gasteiger partial charge is 0.278 e. The van der Waals surface area contributed by atoms with Gasteiger partial charge in [-0.15, -0.1) is 0 Å². The number of aromatic nitrogens is 4. The Morgan fingerprint density at radius 3 is 1.75 bits per heavy atom. The van der Waals surface area contributed by atoms with Crippen molar-refractivity contribution >= 4 is 21.8 Å². The molecule has 2 heterocycles. The van der Waals surface area contributed by atoms with E-state index in [2.05, 4.69) is 54.0 Å². The van der Waals surface area contributed by atoms with Crippen LogP contribution < -0.4 is 0 Å². The zero-order valence-electron chi connectivity index (χ0n) is 17.6. The van der Waals surface area contributed by atoms with Gasteiger partial charge in [-0.2, -0.15) is 9.97 Å². The first-order valence-electron chi connectivity index (χ1n) is 10.6. The van der Waals surface area contributed by atoms with Crippen molar-refractivity contribution in [1.29, 1.82) is 0 Å². The fourth-order valence-corrected chi connectivity index (χ4v) is 4.20. The van der Waals surface area contributed by atoms with Crippen molar-refractivity contribution in [2.45, 2.75) is 6.92 Å². The summed E-state index contributed by atoms with van der Waals surface area (Å²) < 4.78 is 2.14. The van der Waals surface area contributed by atoms with Crippen LogP contribution in [0.2, 0.25) is 0 Å². The molecule has 0 unspecified atom stereocenters. The maximum atomic E-state index is 4.94. The third-order valence-corrected chi connectivity index (χ3v) is 5.72. The number of hydrogen-bond donors (Lipinski definition) is 0. The Morgan fingerprint density at radius 2 is 1.09 bits per heavy atom. The van der Waals surface area contributed by atoms with E-state index in [9.17, 15) is 0 Å². The molecule has 0 fully saturated rings. The molecule has 0 N–H and O–H groups in total. The van der Waals surface area contributed by atoms with Gasteiger partial charge in [0.25, 0.3) is 0 Å². The first-order valence-corrected chi connectivity index (χ1v) is 10.6. The molecule has 0 saturated heterocycles. The van der Waals surface area contributed by atoms with Crippen molar-refractivity contribution in [2.24, 2.45) is 0 Å². The van der Waals surface area contributed by atoms with Gasteiger partial charge in [-0.1, -0.05) is 90.5 Å². The van der Waals surface area contributed by atoms with Crippen molar-refractivity contribution < 1.29 is 0 Å². The van der Waals surface area contributed by atoms with Gasteiger partial charge in [-0.05, 0) is 25.1 Å². The summed E-state index contributed by atoms with van der Waals surface area (Å²) in [6.07, 6.45) is 0. The average Bonchev–Trinajstić information content (AvgIpc) is 3.18. The summed E-state index contributed by atoms with van der Waals surface area (Å²) in [5.41, 5.74) is 5.32. The summed E-state index contributed by atoms with van der Waals surface area (Å²) in [5, 5.41) is 2.39. The molecule has 0 atom stereocenters. The summed E-state index contributed by atoms with van der Waals surface area (Å²) in [5.74, 6) is 1.94. The molecule has 32 heavy (non-hydrogen) atoms. The number of fused-ring (bicyclic) bond motifs is 3. The minimum absolute atomic E-state index is 0.618. The Morgan fingerprint density at radius 1 is 0.531 bits per heavy atom. The Kier molecular flexibility index (Phi) is 4.29. The molecule has 0 radical (unpaired) electrons. The number of benzene rings is 4. The van der Waals surface area contributed by atoms with E-state index in [4.69, 9.17) is 15.0 Å². The Hall–Kier alpha value is -4.31. The van der Waals surface area contributed by atoms with Gasteiger partial charge in [0, 0.05) is 21.9 Å². The van der Waals surface area contributed by atoms with E-state index >= 15 is 0 Å². The van der Waals surface area contributed by atoms with E-state index in [0.717, 1.165) is 22.2 Å². The molecule has 0 aliphatic heterocycles. The van der Waals surface area contributed by atoms with Crippen LogP contribution in [0.3, 0.4) is 0 Å². The van der Waals surface area contributed by atoms with Crippen molar-refractivity contribution in [3.63, 3.8) is 0 Å². The number of para-hydroxylation sites is 1. The molecule has 6 rings (SSSR count). The summed E-state index contributed by atoms with van der Waals surface area (Å²) >= 11 is 0. The molecule has 0 bridgehead atoms. The van der Waals surface area contributed by atoms with Gasteiger partial charge in [0.2, 0.25) is 5.95 Å². The van der Waals surface area contributed by atoms with Crippen LogP contribution in [0.5, 0.6) is 0 Å². The highest BCUT2D eigenvalue weighted by Crippen LogP contribution is 2.32. The second-order valence-electron chi connectivity index (χ2n) is 7.89. The fourth-order valence-electron chi connectivity index (χ4n) is 4.20. The highest BCUT2D eigenvalue weighted by molar-refractivity contribution is 6.09. The first-order chi connectivity index (χ1) is 15.8. The van der Waals surface area contributed by atoms with E-state index in [1.807, 2.05) is 60.7 Å². The molecule has 4 nitrogen and oxygen atoms in total. The number of nitrogens with zero attached hydrogens (tertiary/aromatic N) is 4. The average molecular weight is 412 g/mol. The number of hydrogen-bond acceptors (Lipinski definition) is 3. The van der Waals surface area contributed by atoms with E-state index in [-0.39, 0.29) is 0 Å². The van der Waals surface area contributed by atoms with Gasteiger partial charge in [0.1, 0.15) is 0 Å². The minimum Gasteiger partial charge on any atom is -0.278 e. The van der Waals surface area contributed by atoms with Crippen LogP contribution in [0, 0.1) is 6.92 Å². The van der Waals surface area contributed by atoms with Crippen molar-refractivity contribution in [3.8, 4) is 28.7 Å². The van der Waals surface area contributed by atoms with Gasteiger partial charge in [-0.3, -0.25) is 4.57 Å². The van der Waals surface area contributed by atoms with Gasteiger partial charge in [0.15, 0.2) is 11.6 Å². The second kappa shape index (κ2) is 7.43. The molecule has 0 amide bonds. The quantitative estimate of drug-likeness (QED) is 0.328. The molecule has 0 saturated carbocycles. The highest BCUT2D eigenvalue weighted by Gasteiger charge is 2.17. The Labute approximate surface area is 185 Å². The van der Waals surface area contributed by atoms with Crippen LogP contribution in [-0.4, -0.2) is 19.5 Å². The van der Waals surface area contributed by atoms with Crippen LogP contribution in [0.15, 0.2) is 103 Å². The molecule has 0 spiro atoms. The van der Waals surface area contributed by atoms with E-state index in [1.54, 1.807) is 0 Å². The monoisotopic (exact) mass is 412 g/mol. The number of aryl methyl sites for hydroxylation is 1. The van der Waals surface area contributed by atoms with Crippen LogP contribution >= 0.6 is 0 Å². The van der Waals surface area contributed by atoms with Crippen LogP contribution in [0.1, 0.15) is 5.56 Å². The summed E-state index contributed by atoms with van der Waals surface area (Å²) in [7, 11) is 0. The maximum absolute atomic E-state index is 4.94. The first kappa shape index (κ1) is 18.5. The van der Waals surface area contributed by atoms with Gasteiger partial charge in [0.05, 0.1) is 11.0 Å². The van der Waals surface area contributed by atoms with Gasteiger partial charge < -0.3 is 0 Å². The third-order valence-electron chi connectivity index (χ3n) is 5.72. The lowest BCUT2D eigenvalue weighted by atomic mass is 10.1. The van der Waals surface area contributed by atoms with E-state index in [0.29, 0.717) is 17.6 Å². The van der Waals surface area contributed by atoms with Crippen LogP contribution in [0.25, 0.3) is 50.5 Å². The lowest BCUT2D eigenvalue weighted by Crippen LogP contribution is -2.06. The molecular weight excluding hydrogens is 392 g/mol. The Balaban J connectivity index is 1.70. The molecule has 0 aliphatic rings. The smallest absolute Gasteiger partial charge is 0.238 e. The topological polar surface area (TPSA) is 43.6 Å². The van der Waals surface area contributed by atoms with Crippen molar-refractivity contribution in [3.05, 3.63) is 109 Å². The van der Waals surface area contributed by atoms with Crippen LogP contribution in [-0.2, 0) is 0 Å². The molecule has 6 aromatic rings. The lowest BCUT2D eigenvalue weighted by molar-refractivity contribution is 0.953. The second-order valence-corrected chi connectivity index (χ2v) is 7.89. The fraction of sp³-hybridized carbons (Fsp3) is 0.0357. The SMILES string of the molecule is Cc1ccc2c(c1)c1ccccc1n2-c1nc(-c2ccccc2)nc(-c2ccccc2)n1. The summed E-state index contributed by atoms with van der Waals surface area (Å²) in [6, 6.07) is 35.1. The van der Waals surface area contributed by atoms with E-state index < -0.39 is 0 Å². The Bertz CT molecular complexity index is 1510. The predicted octanol–water partition coefficient (Wildman–Crippen LogP) is 6.61. The minimum atomic E-state index is 0.618. The van der Waals surface area contributed by atoms with Crippen molar-refractivity contribution in [2.75, 3.05) is 0 Å². The number of rotatable bonds is 3. The van der Waals surface area contributed by atoms with Gasteiger partial charge >= 0.3 is 0 Å². The van der Waals surface area contributed by atoms with Crippen LogP contribution in [0.4, 0.5) is 0 Å². The van der Waals surface area contributed by atoms with Crippen molar-refractivity contribution in [1.82, 2.24) is 19.5 Å². The summed E-state index contributed by atoms with van der Waals surface area (Å²) in [4.78, 5) is 14.7. The molecule has 4 heteroatoms. The van der Waals surface area contributed by atoms with Gasteiger partial charge in [-0.25, -0.2) is 4.98 Å². The normalized spacial score (nSPS) is 11.3. The molecule has 2 aromatic heterocycles. The molecular formula is C28H20N4. The maximum Gasteiger partial charge on any atom is 0.238 e. The molecule has 0 aliphatic carbocycles. The standard InChI is InChI=1S/C28H20N4/c1-19-16-17-25-23(18-19)22-14-8-9-15-24(22)32(25)28-30-26(20-10-4-2-5-11-20)29-27(31-28)21-12-6-3-7-13-21/h2-18H,1H3. The molecule has 152 valence electrons. The van der Waals surface area contributed by atoms with E-state index in [1.165, 1.54) is 16.3 Å². The zero-order chi connectivity index (χ0) is 21.5. The third kappa shape index (κ3) is 3.05. The highest BCUT2D eigenvalue weighted by atomic mass is 15.2. The predicted molar refractivity (Wildman–Crippen MR) is 130 cm³/mol. The zero-order valence-corrected chi connectivity index (χ0v) is 17.6. The summed E-state index contributed by atoms with van der Waals surface area (Å²) in [6.45, 7) is 2.12.